The molecule has 0 radical (unpaired) electrons. The molecule has 0 aliphatic carbocycles. The Bertz CT molecular complexity index is 620. The molecule has 2 saturated heterocycles. The number of ether oxygens (including phenoxy) is 1. The summed E-state index contributed by atoms with van der Waals surface area (Å²) in [7, 11) is -3.26. The fraction of sp³-hybridized carbons (Fsp3) is 0.625. The molecule has 0 unspecified atom stereocenters. The van der Waals surface area contributed by atoms with Gasteiger partial charge in [-0.1, -0.05) is 18.2 Å². The summed E-state index contributed by atoms with van der Waals surface area (Å²) in [5.41, 5.74) is 3.60. The monoisotopic (exact) mass is 309 g/mol. The van der Waals surface area contributed by atoms with Crippen molar-refractivity contribution >= 4 is 10.0 Å². The second-order valence-corrected chi connectivity index (χ2v) is 8.25. The number of hydrogen-bond donors (Lipinski definition) is 0. The molecule has 2 heterocycles. The van der Waals surface area contributed by atoms with Gasteiger partial charge in [0.15, 0.2) is 0 Å². The Morgan fingerprint density at radius 1 is 1.24 bits per heavy atom. The van der Waals surface area contributed by atoms with Crippen molar-refractivity contribution in [2.45, 2.75) is 44.4 Å². The molecule has 0 N–H and O–H groups in total. The highest BCUT2D eigenvalue weighted by Crippen LogP contribution is 2.38. The topological polar surface area (TPSA) is 46.6 Å². The molecule has 0 amide bonds. The summed E-state index contributed by atoms with van der Waals surface area (Å²) in [4.78, 5) is 0. The van der Waals surface area contributed by atoms with Gasteiger partial charge in [0, 0.05) is 13.2 Å². The lowest BCUT2D eigenvalue weighted by Crippen LogP contribution is -2.38. The molecule has 2 atom stereocenters. The van der Waals surface area contributed by atoms with E-state index >= 15 is 0 Å². The van der Waals surface area contributed by atoms with E-state index in [1.54, 1.807) is 4.31 Å². The van der Waals surface area contributed by atoms with Gasteiger partial charge in [0.25, 0.3) is 0 Å². The average molecular weight is 309 g/mol. The van der Waals surface area contributed by atoms with E-state index in [2.05, 4.69) is 26.0 Å². The van der Waals surface area contributed by atoms with Crippen molar-refractivity contribution in [1.82, 2.24) is 4.31 Å². The van der Waals surface area contributed by atoms with Crippen LogP contribution in [0.4, 0.5) is 0 Å². The van der Waals surface area contributed by atoms with Crippen molar-refractivity contribution in [2.75, 3.05) is 19.8 Å². The van der Waals surface area contributed by atoms with E-state index in [1.807, 2.05) is 6.07 Å². The molecule has 2 aliphatic rings. The van der Waals surface area contributed by atoms with Crippen molar-refractivity contribution in [3.8, 4) is 0 Å². The van der Waals surface area contributed by atoms with Gasteiger partial charge in [-0.05, 0) is 49.8 Å². The van der Waals surface area contributed by atoms with Crippen LogP contribution >= 0.6 is 0 Å². The summed E-state index contributed by atoms with van der Waals surface area (Å²) in [5, 5.41) is -0.358. The molecule has 1 aromatic carbocycles. The molecule has 0 aromatic heterocycles. The van der Waals surface area contributed by atoms with Crippen molar-refractivity contribution in [3.63, 3.8) is 0 Å². The Kier molecular flexibility index (Phi) is 4.08. The quantitative estimate of drug-likeness (QED) is 0.862. The second-order valence-electron chi connectivity index (χ2n) is 6.09. The zero-order chi connectivity index (χ0) is 15.0. The van der Waals surface area contributed by atoms with Crippen molar-refractivity contribution < 1.29 is 13.2 Å². The summed E-state index contributed by atoms with van der Waals surface area (Å²) in [6.07, 6.45) is 2.47. The lowest BCUT2D eigenvalue weighted by atomic mass is 9.97. The standard InChI is InChI=1S/C16H23NO3S/c1-12-5-3-6-15(13(12)2)16-7-4-9-17(16)21(18,19)14-8-10-20-11-14/h3,5-6,14,16H,4,7-11H2,1-2H3/t14-,16+/m1/s1. The Balaban J connectivity index is 1.94. The SMILES string of the molecule is Cc1cccc([C@@H]2CCCN2S(=O)(=O)[C@@H]2CCOC2)c1C. The first kappa shape index (κ1) is 15.0. The Labute approximate surface area is 127 Å². The Morgan fingerprint density at radius 3 is 2.76 bits per heavy atom. The minimum atomic E-state index is -3.26. The smallest absolute Gasteiger partial charge is 0.219 e. The van der Waals surface area contributed by atoms with Gasteiger partial charge < -0.3 is 4.74 Å². The maximum atomic E-state index is 12.9. The van der Waals surface area contributed by atoms with Crippen LogP contribution < -0.4 is 0 Å². The van der Waals surface area contributed by atoms with Gasteiger partial charge in [-0.15, -0.1) is 0 Å². The Morgan fingerprint density at radius 2 is 2.05 bits per heavy atom. The van der Waals surface area contributed by atoms with Crippen LogP contribution in [0.3, 0.4) is 0 Å². The lowest BCUT2D eigenvalue weighted by molar-refractivity contribution is 0.197. The van der Waals surface area contributed by atoms with Crippen LogP contribution in [0.2, 0.25) is 0 Å². The molecule has 0 spiro atoms. The third-order valence-electron chi connectivity index (χ3n) is 4.85. The summed E-state index contributed by atoms with van der Waals surface area (Å²) in [5.74, 6) is 0. The van der Waals surface area contributed by atoms with Crippen LogP contribution in [0.25, 0.3) is 0 Å². The lowest BCUT2D eigenvalue weighted by Gasteiger charge is -2.28. The maximum absolute atomic E-state index is 12.9. The molecule has 2 fully saturated rings. The zero-order valence-corrected chi connectivity index (χ0v) is 13.5. The van der Waals surface area contributed by atoms with Gasteiger partial charge in [-0.2, -0.15) is 4.31 Å². The number of hydrogen-bond acceptors (Lipinski definition) is 3. The molecule has 4 nitrogen and oxygen atoms in total. The third kappa shape index (κ3) is 2.62. The number of sulfonamides is 1. The largest absolute Gasteiger partial charge is 0.380 e. The fourth-order valence-corrected chi connectivity index (χ4v) is 5.43. The van der Waals surface area contributed by atoms with Crippen LogP contribution in [0.15, 0.2) is 18.2 Å². The van der Waals surface area contributed by atoms with E-state index in [0.29, 0.717) is 26.2 Å². The number of benzene rings is 1. The first-order valence-corrected chi connectivity index (χ1v) is 9.16. The van der Waals surface area contributed by atoms with Crippen LogP contribution in [0, 0.1) is 13.8 Å². The summed E-state index contributed by atoms with van der Waals surface area (Å²) < 4.78 is 32.7. The van der Waals surface area contributed by atoms with E-state index in [-0.39, 0.29) is 11.3 Å². The predicted octanol–water partition coefficient (Wildman–Crippen LogP) is 2.56. The van der Waals surface area contributed by atoms with Gasteiger partial charge in [-0.25, -0.2) is 8.42 Å². The molecule has 116 valence electrons. The second kappa shape index (κ2) is 5.71. The van der Waals surface area contributed by atoms with Crippen LogP contribution in [0.5, 0.6) is 0 Å². The fourth-order valence-electron chi connectivity index (χ4n) is 3.43. The first-order chi connectivity index (χ1) is 10.0. The van der Waals surface area contributed by atoms with Gasteiger partial charge in [-0.3, -0.25) is 0 Å². The highest BCUT2D eigenvalue weighted by atomic mass is 32.2. The van der Waals surface area contributed by atoms with Crippen molar-refractivity contribution in [1.29, 1.82) is 0 Å². The van der Waals surface area contributed by atoms with Crippen LogP contribution in [-0.2, 0) is 14.8 Å². The van der Waals surface area contributed by atoms with E-state index in [9.17, 15) is 8.42 Å². The van der Waals surface area contributed by atoms with Gasteiger partial charge in [0.1, 0.15) is 5.25 Å². The minimum absolute atomic E-state index is 0.00417. The molecule has 1 aromatic rings. The molecule has 0 saturated carbocycles. The molecule has 2 aliphatic heterocycles. The number of aryl methyl sites for hydroxylation is 1. The summed E-state index contributed by atoms with van der Waals surface area (Å²) in [6.45, 7) is 5.71. The third-order valence-corrected chi connectivity index (χ3v) is 7.15. The summed E-state index contributed by atoms with van der Waals surface area (Å²) >= 11 is 0. The maximum Gasteiger partial charge on any atom is 0.219 e. The van der Waals surface area contributed by atoms with E-state index in [1.165, 1.54) is 11.1 Å². The van der Waals surface area contributed by atoms with Gasteiger partial charge in [0.05, 0.1) is 12.6 Å². The highest BCUT2D eigenvalue weighted by Gasteiger charge is 2.41. The van der Waals surface area contributed by atoms with E-state index in [0.717, 1.165) is 18.4 Å². The van der Waals surface area contributed by atoms with Crippen molar-refractivity contribution in [3.05, 3.63) is 34.9 Å². The zero-order valence-electron chi connectivity index (χ0n) is 12.7. The predicted molar refractivity (Wildman–Crippen MR) is 82.7 cm³/mol. The number of nitrogens with zero attached hydrogens (tertiary/aromatic N) is 1. The van der Waals surface area contributed by atoms with Crippen LogP contribution in [0.1, 0.15) is 42.0 Å². The molecular weight excluding hydrogens is 286 g/mol. The van der Waals surface area contributed by atoms with Crippen molar-refractivity contribution in [2.24, 2.45) is 0 Å². The van der Waals surface area contributed by atoms with Gasteiger partial charge >= 0.3 is 0 Å². The number of rotatable bonds is 3. The van der Waals surface area contributed by atoms with E-state index in [4.69, 9.17) is 4.74 Å². The van der Waals surface area contributed by atoms with E-state index < -0.39 is 10.0 Å². The normalized spacial score (nSPS) is 27.3. The Hall–Kier alpha value is -0.910. The summed E-state index contributed by atoms with van der Waals surface area (Å²) in [6, 6.07) is 6.18. The van der Waals surface area contributed by atoms with Crippen LogP contribution in [-0.4, -0.2) is 37.7 Å². The average Bonchev–Trinajstić information content (AvgIpc) is 3.12. The first-order valence-electron chi connectivity index (χ1n) is 7.66. The molecular formula is C16H23NO3S. The molecule has 0 bridgehead atoms. The highest BCUT2D eigenvalue weighted by molar-refractivity contribution is 7.89. The molecule has 5 heteroatoms. The molecule has 3 rings (SSSR count). The van der Waals surface area contributed by atoms with Gasteiger partial charge in [0.2, 0.25) is 10.0 Å². The minimum Gasteiger partial charge on any atom is -0.380 e. The molecule has 21 heavy (non-hydrogen) atoms.